The number of rotatable bonds is 2. The molecule has 15 heavy (non-hydrogen) atoms. The summed E-state index contributed by atoms with van der Waals surface area (Å²) in [6.45, 7) is 1.93. The second-order valence-electron chi connectivity index (χ2n) is 3.34. The Balaban J connectivity index is 2.44. The number of aliphatic hydroxyl groups excluding tert-OH is 1. The molecule has 4 heteroatoms. The molecule has 1 aromatic heterocycles. The van der Waals surface area contributed by atoms with Gasteiger partial charge in [0.15, 0.2) is 0 Å². The first kappa shape index (κ1) is 10.2. The van der Waals surface area contributed by atoms with Crippen LogP contribution in [0.3, 0.4) is 0 Å². The van der Waals surface area contributed by atoms with Crippen LogP contribution in [0.25, 0.3) is 5.69 Å². The highest BCUT2D eigenvalue weighted by atomic mass is 35.5. The van der Waals surface area contributed by atoms with E-state index in [0.29, 0.717) is 10.7 Å². The number of hydrogen-bond donors (Lipinski definition) is 1. The third-order valence-corrected chi connectivity index (χ3v) is 2.45. The molecule has 78 valence electrons. The van der Waals surface area contributed by atoms with Gasteiger partial charge in [-0.05, 0) is 36.8 Å². The molecule has 0 aliphatic carbocycles. The maximum absolute atomic E-state index is 8.91. The lowest BCUT2D eigenvalue weighted by atomic mass is 10.2. The van der Waals surface area contributed by atoms with Crippen LogP contribution in [-0.2, 0) is 6.61 Å². The first-order chi connectivity index (χ1) is 7.20. The summed E-state index contributed by atoms with van der Waals surface area (Å²) in [5.41, 5.74) is 2.68. The van der Waals surface area contributed by atoms with Gasteiger partial charge in [-0.1, -0.05) is 11.6 Å². The van der Waals surface area contributed by atoms with Gasteiger partial charge in [-0.15, -0.1) is 0 Å². The van der Waals surface area contributed by atoms with Crippen molar-refractivity contribution in [3.63, 3.8) is 0 Å². The molecule has 0 atom stereocenters. The SMILES string of the molecule is Cc1cc(Cl)ccc1-n1ccc(CO)n1. The van der Waals surface area contributed by atoms with Crippen LogP contribution in [0, 0.1) is 6.92 Å². The highest BCUT2D eigenvalue weighted by Gasteiger charge is 2.03. The minimum atomic E-state index is -0.0420. The summed E-state index contributed by atoms with van der Waals surface area (Å²) >= 11 is 5.87. The van der Waals surface area contributed by atoms with Crippen molar-refractivity contribution in [2.45, 2.75) is 13.5 Å². The minimum absolute atomic E-state index is 0.0420. The lowest BCUT2D eigenvalue weighted by Crippen LogP contribution is -1.98. The van der Waals surface area contributed by atoms with Gasteiger partial charge in [0.05, 0.1) is 18.0 Å². The van der Waals surface area contributed by atoms with E-state index in [4.69, 9.17) is 16.7 Å². The Morgan fingerprint density at radius 2 is 2.20 bits per heavy atom. The summed E-state index contributed by atoms with van der Waals surface area (Å²) in [5, 5.41) is 13.8. The average molecular weight is 223 g/mol. The lowest BCUT2D eigenvalue weighted by molar-refractivity contribution is 0.276. The number of aryl methyl sites for hydroxylation is 1. The number of benzene rings is 1. The van der Waals surface area contributed by atoms with Gasteiger partial charge >= 0.3 is 0 Å². The van der Waals surface area contributed by atoms with Crippen molar-refractivity contribution >= 4 is 11.6 Å². The van der Waals surface area contributed by atoms with E-state index < -0.39 is 0 Å². The van der Waals surface area contributed by atoms with Crippen molar-refractivity contribution in [1.82, 2.24) is 9.78 Å². The van der Waals surface area contributed by atoms with Crippen molar-refractivity contribution in [1.29, 1.82) is 0 Å². The summed E-state index contributed by atoms with van der Waals surface area (Å²) in [6.07, 6.45) is 1.82. The highest BCUT2D eigenvalue weighted by Crippen LogP contribution is 2.18. The summed E-state index contributed by atoms with van der Waals surface area (Å²) in [4.78, 5) is 0. The zero-order valence-corrected chi connectivity index (χ0v) is 9.07. The monoisotopic (exact) mass is 222 g/mol. The van der Waals surface area contributed by atoms with E-state index in [2.05, 4.69) is 5.10 Å². The van der Waals surface area contributed by atoms with Gasteiger partial charge in [0.2, 0.25) is 0 Å². The highest BCUT2D eigenvalue weighted by molar-refractivity contribution is 6.30. The summed E-state index contributed by atoms with van der Waals surface area (Å²) in [7, 11) is 0. The first-order valence-corrected chi connectivity index (χ1v) is 5.00. The summed E-state index contributed by atoms with van der Waals surface area (Å²) in [5.74, 6) is 0. The fourth-order valence-electron chi connectivity index (χ4n) is 1.46. The van der Waals surface area contributed by atoms with Gasteiger partial charge in [-0.25, -0.2) is 4.68 Å². The average Bonchev–Trinajstić information content (AvgIpc) is 2.66. The fraction of sp³-hybridized carbons (Fsp3) is 0.182. The third kappa shape index (κ3) is 2.03. The van der Waals surface area contributed by atoms with Gasteiger partial charge < -0.3 is 5.11 Å². The predicted octanol–water partition coefficient (Wildman–Crippen LogP) is 2.33. The van der Waals surface area contributed by atoms with Gasteiger partial charge in [-0.2, -0.15) is 5.10 Å². The lowest BCUT2D eigenvalue weighted by Gasteiger charge is -2.05. The Morgan fingerprint density at radius 3 is 2.80 bits per heavy atom. The Bertz CT molecular complexity index is 479. The van der Waals surface area contributed by atoms with Crippen LogP contribution >= 0.6 is 11.6 Å². The molecule has 0 unspecified atom stereocenters. The number of nitrogens with zero attached hydrogens (tertiary/aromatic N) is 2. The van der Waals surface area contributed by atoms with Gasteiger partial charge in [0.1, 0.15) is 0 Å². The molecular weight excluding hydrogens is 212 g/mol. The predicted molar refractivity (Wildman–Crippen MR) is 59.2 cm³/mol. The molecule has 1 heterocycles. The van der Waals surface area contributed by atoms with E-state index in [1.165, 1.54) is 0 Å². The van der Waals surface area contributed by atoms with Gasteiger partial charge in [0.25, 0.3) is 0 Å². The molecular formula is C11H11ClN2O. The molecule has 2 aromatic rings. The molecule has 1 N–H and O–H groups in total. The van der Waals surface area contributed by atoms with Crippen molar-refractivity contribution in [3.8, 4) is 5.69 Å². The smallest absolute Gasteiger partial charge is 0.0883 e. The summed E-state index contributed by atoms with van der Waals surface area (Å²) in [6, 6.07) is 7.40. The second-order valence-corrected chi connectivity index (χ2v) is 3.78. The zero-order valence-electron chi connectivity index (χ0n) is 8.31. The molecule has 0 amide bonds. The molecule has 0 radical (unpaired) electrons. The second kappa shape index (κ2) is 4.04. The van der Waals surface area contributed by atoms with Crippen molar-refractivity contribution < 1.29 is 5.11 Å². The van der Waals surface area contributed by atoms with Gasteiger partial charge in [0, 0.05) is 11.2 Å². The molecule has 0 aliphatic rings. The standard InChI is InChI=1S/C11H11ClN2O/c1-8-6-9(12)2-3-11(8)14-5-4-10(7-15)13-14/h2-6,15H,7H2,1H3. The molecule has 0 bridgehead atoms. The normalized spacial score (nSPS) is 10.6. The van der Waals surface area contributed by atoms with Crippen LogP contribution in [0.1, 0.15) is 11.3 Å². The molecule has 0 fully saturated rings. The van der Waals surface area contributed by atoms with Crippen molar-refractivity contribution in [2.75, 3.05) is 0 Å². The molecule has 0 spiro atoms. The molecule has 0 saturated heterocycles. The number of aromatic nitrogens is 2. The first-order valence-electron chi connectivity index (χ1n) is 4.62. The molecule has 3 nitrogen and oxygen atoms in total. The largest absolute Gasteiger partial charge is 0.390 e. The summed E-state index contributed by atoms with van der Waals surface area (Å²) < 4.78 is 1.73. The number of halogens is 1. The van der Waals surface area contributed by atoms with Crippen molar-refractivity contribution in [2.24, 2.45) is 0 Å². The van der Waals surface area contributed by atoms with Gasteiger partial charge in [-0.3, -0.25) is 0 Å². The van der Waals surface area contributed by atoms with Crippen LogP contribution in [0.4, 0.5) is 0 Å². The van der Waals surface area contributed by atoms with E-state index in [0.717, 1.165) is 11.3 Å². The Kier molecular flexibility index (Phi) is 2.75. The quantitative estimate of drug-likeness (QED) is 0.847. The maximum atomic E-state index is 8.91. The van der Waals surface area contributed by atoms with Crippen LogP contribution in [-0.4, -0.2) is 14.9 Å². The van der Waals surface area contributed by atoms with Crippen molar-refractivity contribution in [3.05, 3.63) is 46.7 Å². The zero-order chi connectivity index (χ0) is 10.8. The number of aliphatic hydroxyl groups is 1. The van der Waals surface area contributed by atoms with E-state index in [1.807, 2.05) is 31.3 Å². The Labute approximate surface area is 92.9 Å². The Hall–Kier alpha value is -1.32. The van der Waals surface area contributed by atoms with E-state index in [1.54, 1.807) is 10.7 Å². The third-order valence-electron chi connectivity index (χ3n) is 2.21. The van der Waals surface area contributed by atoms with Crippen LogP contribution in [0.5, 0.6) is 0 Å². The maximum Gasteiger partial charge on any atom is 0.0883 e. The van der Waals surface area contributed by atoms with E-state index in [9.17, 15) is 0 Å². The van der Waals surface area contributed by atoms with E-state index >= 15 is 0 Å². The van der Waals surface area contributed by atoms with Crippen LogP contribution in [0.2, 0.25) is 5.02 Å². The van der Waals surface area contributed by atoms with Crippen LogP contribution in [0.15, 0.2) is 30.5 Å². The van der Waals surface area contributed by atoms with E-state index in [-0.39, 0.29) is 6.61 Å². The Morgan fingerprint density at radius 1 is 1.40 bits per heavy atom. The molecule has 0 saturated carbocycles. The topological polar surface area (TPSA) is 38.0 Å². The molecule has 1 aromatic carbocycles. The number of hydrogen-bond acceptors (Lipinski definition) is 2. The minimum Gasteiger partial charge on any atom is -0.390 e. The fourth-order valence-corrected chi connectivity index (χ4v) is 1.68. The molecule has 2 rings (SSSR count). The molecule has 0 aliphatic heterocycles. The van der Waals surface area contributed by atoms with Crippen LogP contribution < -0.4 is 0 Å².